The Labute approximate surface area is 137 Å². The predicted octanol–water partition coefficient (Wildman–Crippen LogP) is 1.63. The minimum Gasteiger partial charge on any atom is -0.461 e. The Hall–Kier alpha value is -1.76. The average Bonchev–Trinajstić information content (AvgIpc) is 2.47. The first kappa shape index (κ1) is 21.2. The lowest BCUT2D eigenvalue weighted by Crippen LogP contribution is -2.47. The number of ketones is 1. The van der Waals surface area contributed by atoms with E-state index in [4.69, 9.17) is 14.9 Å². The Bertz CT molecular complexity index is 421. The number of amides is 1. The molecule has 0 saturated carbocycles. The van der Waals surface area contributed by atoms with Gasteiger partial charge in [0.25, 0.3) is 0 Å². The number of esters is 1. The summed E-state index contributed by atoms with van der Waals surface area (Å²) in [4.78, 5) is 35.6. The molecule has 7 nitrogen and oxygen atoms in total. The fourth-order valence-corrected chi connectivity index (χ4v) is 1.86. The second-order valence-electron chi connectivity index (χ2n) is 5.78. The summed E-state index contributed by atoms with van der Waals surface area (Å²) in [6, 6.07) is -0.932. The molecule has 0 aliphatic heterocycles. The summed E-state index contributed by atoms with van der Waals surface area (Å²) in [5, 5.41) is 9.48. The van der Waals surface area contributed by atoms with Gasteiger partial charge >= 0.3 is 5.97 Å². The first-order valence-electron chi connectivity index (χ1n) is 7.90. The standard InChI is InChI=1S/C16H28N2O5/c1-6-14(22-10(2)3)15(20)18-13(8-7-12(19)9-17)16(21)23-11(4)5/h9-11,13-14,17H,6-8H2,1-5H3,(H,18,20)/t13-,14-/m0/s1. The van der Waals surface area contributed by atoms with Crippen LogP contribution in [0.4, 0.5) is 0 Å². The van der Waals surface area contributed by atoms with E-state index in [1.165, 1.54) is 0 Å². The Kier molecular flexibility index (Phi) is 10.0. The molecule has 0 fully saturated rings. The molecule has 0 saturated heterocycles. The highest BCUT2D eigenvalue weighted by atomic mass is 16.5. The first-order chi connectivity index (χ1) is 10.7. The molecule has 0 radical (unpaired) electrons. The molecule has 0 aliphatic rings. The van der Waals surface area contributed by atoms with E-state index < -0.39 is 29.8 Å². The molecule has 0 spiro atoms. The van der Waals surface area contributed by atoms with Crippen molar-refractivity contribution in [3.05, 3.63) is 0 Å². The quantitative estimate of drug-likeness (QED) is 0.443. The SMILES string of the molecule is CC[C@H](OC(C)C)C(=O)N[C@@H](CCC(=O)C=N)C(=O)OC(C)C. The number of Topliss-reactive ketones (excluding diaryl/α,β-unsaturated/α-hetero) is 1. The molecule has 0 unspecified atom stereocenters. The molecule has 2 N–H and O–H groups in total. The van der Waals surface area contributed by atoms with E-state index in [1.807, 2.05) is 20.8 Å². The number of hydrogen-bond donors (Lipinski definition) is 2. The molecule has 0 heterocycles. The summed E-state index contributed by atoms with van der Waals surface area (Å²) >= 11 is 0. The van der Waals surface area contributed by atoms with Crippen LogP contribution in [0, 0.1) is 5.41 Å². The van der Waals surface area contributed by atoms with Gasteiger partial charge in [-0.25, -0.2) is 4.79 Å². The zero-order valence-corrected chi connectivity index (χ0v) is 14.5. The second-order valence-corrected chi connectivity index (χ2v) is 5.78. The van der Waals surface area contributed by atoms with Crippen molar-refractivity contribution in [3.63, 3.8) is 0 Å². The van der Waals surface area contributed by atoms with Gasteiger partial charge in [-0.05, 0) is 40.5 Å². The van der Waals surface area contributed by atoms with Crippen LogP contribution in [-0.2, 0) is 23.9 Å². The van der Waals surface area contributed by atoms with Crippen LogP contribution in [0.3, 0.4) is 0 Å². The Morgan fingerprint density at radius 3 is 2.17 bits per heavy atom. The Balaban J connectivity index is 4.89. The molecule has 2 atom stereocenters. The van der Waals surface area contributed by atoms with Gasteiger partial charge in [-0.2, -0.15) is 0 Å². The van der Waals surface area contributed by atoms with Crippen LogP contribution < -0.4 is 5.32 Å². The summed E-state index contributed by atoms with van der Waals surface area (Å²) in [6.45, 7) is 8.87. The highest BCUT2D eigenvalue weighted by molar-refractivity contribution is 6.26. The van der Waals surface area contributed by atoms with Gasteiger partial charge in [0, 0.05) is 6.42 Å². The molecule has 0 aromatic rings. The second kappa shape index (κ2) is 10.9. The van der Waals surface area contributed by atoms with Crippen LogP contribution in [0.15, 0.2) is 0 Å². The van der Waals surface area contributed by atoms with E-state index in [2.05, 4.69) is 5.32 Å². The number of hydrogen-bond acceptors (Lipinski definition) is 6. The van der Waals surface area contributed by atoms with Crippen molar-refractivity contribution in [1.29, 1.82) is 5.41 Å². The van der Waals surface area contributed by atoms with Crippen LogP contribution in [0.1, 0.15) is 53.9 Å². The van der Waals surface area contributed by atoms with Crippen molar-refractivity contribution in [2.24, 2.45) is 0 Å². The van der Waals surface area contributed by atoms with Crippen LogP contribution in [-0.4, -0.2) is 48.2 Å². The maximum atomic E-state index is 12.3. The molecule has 0 aromatic carbocycles. The smallest absolute Gasteiger partial charge is 0.328 e. The van der Waals surface area contributed by atoms with Gasteiger partial charge in [-0.3, -0.25) is 9.59 Å². The topological polar surface area (TPSA) is 106 Å². The van der Waals surface area contributed by atoms with E-state index in [1.54, 1.807) is 13.8 Å². The third kappa shape index (κ3) is 9.07. The minimum absolute atomic E-state index is 0.0104. The van der Waals surface area contributed by atoms with E-state index in [0.717, 1.165) is 0 Å². The third-order valence-corrected chi connectivity index (χ3v) is 2.89. The lowest BCUT2D eigenvalue weighted by atomic mass is 10.1. The maximum Gasteiger partial charge on any atom is 0.328 e. The highest BCUT2D eigenvalue weighted by Crippen LogP contribution is 2.07. The molecular weight excluding hydrogens is 300 g/mol. The van der Waals surface area contributed by atoms with Crippen molar-refractivity contribution in [1.82, 2.24) is 5.32 Å². The van der Waals surface area contributed by atoms with Gasteiger partial charge < -0.3 is 20.2 Å². The third-order valence-electron chi connectivity index (χ3n) is 2.89. The van der Waals surface area contributed by atoms with Crippen molar-refractivity contribution < 1.29 is 23.9 Å². The summed E-state index contributed by atoms with van der Waals surface area (Å²) in [7, 11) is 0. The van der Waals surface area contributed by atoms with Crippen LogP contribution in [0.5, 0.6) is 0 Å². The summed E-state index contributed by atoms with van der Waals surface area (Å²) in [5.41, 5.74) is 0. The van der Waals surface area contributed by atoms with Gasteiger partial charge in [0.1, 0.15) is 12.1 Å². The van der Waals surface area contributed by atoms with E-state index in [0.29, 0.717) is 12.6 Å². The molecule has 23 heavy (non-hydrogen) atoms. The number of ether oxygens (including phenoxy) is 2. The molecule has 0 aliphatic carbocycles. The van der Waals surface area contributed by atoms with Gasteiger partial charge in [-0.15, -0.1) is 0 Å². The van der Waals surface area contributed by atoms with Gasteiger partial charge in [0.15, 0.2) is 5.78 Å². The largest absolute Gasteiger partial charge is 0.461 e. The van der Waals surface area contributed by atoms with E-state index in [-0.39, 0.29) is 25.0 Å². The monoisotopic (exact) mass is 328 g/mol. The van der Waals surface area contributed by atoms with Crippen molar-refractivity contribution in [2.45, 2.75) is 78.2 Å². The summed E-state index contributed by atoms with van der Waals surface area (Å²) < 4.78 is 10.6. The van der Waals surface area contributed by atoms with E-state index >= 15 is 0 Å². The molecule has 0 aromatic heterocycles. The molecule has 7 heteroatoms. The molecule has 0 bridgehead atoms. The van der Waals surface area contributed by atoms with Gasteiger partial charge in [-0.1, -0.05) is 6.92 Å². The highest BCUT2D eigenvalue weighted by Gasteiger charge is 2.27. The van der Waals surface area contributed by atoms with Crippen LogP contribution in [0.2, 0.25) is 0 Å². The molecule has 0 rings (SSSR count). The predicted molar refractivity (Wildman–Crippen MR) is 86.5 cm³/mol. The fraction of sp³-hybridized carbons (Fsp3) is 0.750. The first-order valence-corrected chi connectivity index (χ1v) is 7.90. The number of nitrogens with one attached hydrogen (secondary N) is 2. The normalized spacial score (nSPS) is 13.5. The minimum atomic E-state index is -0.932. The molecule has 1 amide bonds. The van der Waals surface area contributed by atoms with Gasteiger partial charge in [0.05, 0.1) is 18.4 Å². The van der Waals surface area contributed by atoms with Crippen molar-refractivity contribution in [2.75, 3.05) is 0 Å². The van der Waals surface area contributed by atoms with Crippen molar-refractivity contribution >= 4 is 23.9 Å². The van der Waals surface area contributed by atoms with Crippen LogP contribution in [0.25, 0.3) is 0 Å². The Morgan fingerprint density at radius 2 is 1.74 bits per heavy atom. The van der Waals surface area contributed by atoms with E-state index in [9.17, 15) is 14.4 Å². The number of rotatable bonds is 11. The molecular formula is C16H28N2O5. The number of carbonyl (C=O) groups is 3. The average molecular weight is 328 g/mol. The van der Waals surface area contributed by atoms with Crippen LogP contribution >= 0.6 is 0 Å². The zero-order valence-electron chi connectivity index (χ0n) is 14.5. The zero-order chi connectivity index (χ0) is 18.0. The fourth-order valence-electron chi connectivity index (χ4n) is 1.86. The lowest BCUT2D eigenvalue weighted by Gasteiger charge is -2.23. The Morgan fingerprint density at radius 1 is 1.13 bits per heavy atom. The molecule has 132 valence electrons. The summed E-state index contributed by atoms with van der Waals surface area (Å²) in [5.74, 6) is -1.41. The lowest BCUT2D eigenvalue weighted by molar-refractivity contribution is -0.153. The van der Waals surface area contributed by atoms with Gasteiger partial charge in [0.2, 0.25) is 5.91 Å². The van der Waals surface area contributed by atoms with Crippen molar-refractivity contribution in [3.8, 4) is 0 Å². The maximum absolute atomic E-state index is 12.3. The summed E-state index contributed by atoms with van der Waals surface area (Å²) in [6.07, 6.45) is 0.134. The number of carbonyl (C=O) groups excluding carboxylic acids is 3.